The van der Waals surface area contributed by atoms with E-state index in [2.05, 4.69) is 0 Å². The van der Waals surface area contributed by atoms with Crippen LogP contribution in [0.1, 0.15) is 1.43 Å². The van der Waals surface area contributed by atoms with Crippen molar-refractivity contribution in [1.82, 2.24) is 0 Å². The summed E-state index contributed by atoms with van der Waals surface area (Å²) in [6.45, 7) is 0. The van der Waals surface area contributed by atoms with Crippen molar-refractivity contribution in [3.63, 3.8) is 0 Å². The van der Waals surface area contributed by atoms with Crippen LogP contribution < -0.4 is 29.6 Å². The molecule has 0 atom stereocenters. The van der Waals surface area contributed by atoms with Gasteiger partial charge in [-0.05, 0) is 0 Å². The van der Waals surface area contributed by atoms with Crippen LogP contribution in [-0.4, -0.2) is 25.0 Å². The topological polar surface area (TPSA) is 71.4 Å². The Morgan fingerprint density at radius 3 is 2.00 bits per heavy atom. The van der Waals surface area contributed by atoms with Crippen LogP contribution in [0.5, 0.6) is 0 Å². The minimum absolute atomic E-state index is 0. The van der Waals surface area contributed by atoms with E-state index in [9.17, 15) is 13.2 Å². The van der Waals surface area contributed by atoms with Gasteiger partial charge in [0.2, 0.25) is 0 Å². The largest absolute Gasteiger partial charge is 1.00 e. The molecule has 1 N–H and O–H groups in total. The molecule has 0 saturated carbocycles. The minimum atomic E-state index is -4.04. The molecule has 0 aliphatic heterocycles. The molecule has 0 aromatic rings. The number of carbonyl (C=O) groups is 1. The van der Waals surface area contributed by atoms with Gasteiger partial charge in [0.25, 0.3) is 10.1 Å². The summed E-state index contributed by atoms with van der Waals surface area (Å²) in [6.07, 6.45) is 0.120. The van der Waals surface area contributed by atoms with E-state index in [-0.39, 0.29) is 37.3 Å². The summed E-state index contributed by atoms with van der Waals surface area (Å²) in [6, 6.07) is 0. The average molecular weight is 148 g/mol. The fraction of sp³-hybridized carbons (Fsp3) is 0.500. The van der Waals surface area contributed by atoms with Crippen molar-refractivity contribution >= 4 is 16.4 Å². The summed E-state index contributed by atoms with van der Waals surface area (Å²) < 4.78 is 26.9. The summed E-state index contributed by atoms with van der Waals surface area (Å²) in [5.41, 5.74) is 0. The zero-order chi connectivity index (χ0) is 5.91. The molecule has 4 nitrogen and oxygen atoms in total. The molecule has 8 heavy (non-hydrogen) atoms. The van der Waals surface area contributed by atoms with E-state index in [1.165, 1.54) is 0 Å². The quantitative estimate of drug-likeness (QED) is 0.247. The average Bonchev–Trinajstić information content (AvgIpc) is 1.30. The first kappa shape index (κ1) is 11.4. The number of carbonyl (C=O) groups excluding carboxylic acids is 1. The van der Waals surface area contributed by atoms with Crippen molar-refractivity contribution in [2.75, 3.05) is 5.75 Å². The monoisotopic (exact) mass is 148 g/mol. The Hall–Kier alpha value is 0.580. The van der Waals surface area contributed by atoms with Gasteiger partial charge in [-0.1, -0.05) is 0 Å². The van der Waals surface area contributed by atoms with Gasteiger partial charge in [0.1, 0.15) is 12.0 Å². The van der Waals surface area contributed by atoms with E-state index in [0.29, 0.717) is 0 Å². The van der Waals surface area contributed by atoms with Crippen molar-refractivity contribution < 1.29 is 48.7 Å². The molecular formula is C2H5NaO4S. The van der Waals surface area contributed by atoms with Gasteiger partial charge in [-0.3, -0.25) is 4.55 Å². The molecule has 0 radical (unpaired) electrons. The number of rotatable bonds is 2. The smallest absolute Gasteiger partial charge is 1.00 e. The van der Waals surface area contributed by atoms with Crippen LogP contribution in [-0.2, 0) is 14.9 Å². The number of hydrogen-bond acceptors (Lipinski definition) is 3. The first-order valence-electron chi connectivity index (χ1n) is 1.45. The van der Waals surface area contributed by atoms with Gasteiger partial charge in [0, 0.05) is 0 Å². The normalized spacial score (nSPS) is 9.62. The summed E-state index contributed by atoms with van der Waals surface area (Å²) in [4.78, 5) is 9.28. The van der Waals surface area contributed by atoms with Gasteiger partial charge in [-0.15, -0.1) is 0 Å². The second-order valence-corrected chi connectivity index (χ2v) is 2.41. The Morgan fingerprint density at radius 1 is 1.62 bits per heavy atom. The Balaban J connectivity index is -0.000000180. The van der Waals surface area contributed by atoms with Crippen molar-refractivity contribution in [2.24, 2.45) is 0 Å². The molecule has 0 aliphatic rings. The first-order chi connectivity index (χ1) is 3.06. The molecule has 6 heteroatoms. The zero-order valence-corrected chi connectivity index (χ0v) is 7.18. The van der Waals surface area contributed by atoms with E-state index in [0.717, 1.165) is 0 Å². The predicted molar refractivity (Wildman–Crippen MR) is 23.6 cm³/mol. The molecule has 44 valence electrons. The molecule has 0 aromatic heterocycles. The molecule has 0 amide bonds. The van der Waals surface area contributed by atoms with Gasteiger partial charge in [0.05, 0.1) is 0 Å². The van der Waals surface area contributed by atoms with Gasteiger partial charge < -0.3 is 6.22 Å². The maximum absolute atomic E-state index is 9.56. The van der Waals surface area contributed by atoms with Gasteiger partial charge in [0.15, 0.2) is 0 Å². The predicted octanol–water partition coefficient (Wildman–Crippen LogP) is -3.81. The van der Waals surface area contributed by atoms with Crippen LogP contribution in [0, 0.1) is 0 Å². The third kappa shape index (κ3) is 9.77. The van der Waals surface area contributed by atoms with Crippen molar-refractivity contribution in [3.8, 4) is 0 Å². The molecule has 0 aliphatic carbocycles. The molecule has 0 heterocycles. The molecule has 0 unspecified atom stereocenters. The van der Waals surface area contributed by atoms with Crippen LogP contribution >= 0.6 is 0 Å². The van der Waals surface area contributed by atoms with E-state index >= 15 is 0 Å². The molecule has 0 rings (SSSR count). The van der Waals surface area contributed by atoms with Crippen LogP contribution in [0.15, 0.2) is 0 Å². The maximum Gasteiger partial charge on any atom is 1.00 e. The Morgan fingerprint density at radius 2 is 2.00 bits per heavy atom. The summed E-state index contributed by atoms with van der Waals surface area (Å²) >= 11 is 0. The third-order valence-electron chi connectivity index (χ3n) is 0.279. The SMILES string of the molecule is O=CCS(=O)(=O)O.[H-].[Na+]. The van der Waals surface area contributed by atoms with Crippen molar-refractivity contribution in [2.45, 2.75) is 0 Å². The van der Waals surface area contributed by atoms with E-state index in [1.807, 2.05) is 0 Å². The molecular weight excluding hydrogens is 143 g/mol. The van der Waals surface area contributed by atoms with E-state index in [4.69, 9.17) is 4.55 Å². The Kier molecular flexibility index (Phi) is 6.34. The minimum Gasteiger partial charge on any atom is -1.00 e. The van der Waals surface area contributed by atoms with Crippen LogP contribution in [0.25, 0.3) is 0 Å². The van der Waals surface area contributed by atoms with Crippen LogP contribution in [0.2, 0.25) is 0 Å². The van der Waals surface area contributed by atoms with Gasteiger partial charge >= 0.3 is 29.6 Å². The van der Waals surface area contributed by atoms with Gasteiger partial charge in [-0.2, -0.15) is 8.42 Å². The van der Waals surface area contributed by atoms with Crippen molar-refractivity contribution in [3.05, 3.63) is 0 Å². The van der Waals surface area contributed by atoms with E-state index < -0.39 is 15.9 Å². The second-order valence-electron chi connectivity index (χ2n) is 0.915. The standard InChI is InChI=1S/C2H4O4S.Na.H/c3-1-2-7(4,5)6;;/h1H,2H2,(H,4,5,6);;/q;+1;-1. The molecule has 0 spiro atoms. The Bertz CT molecular complexity index is 152. The second kappa shape index (κ2) is 4.46. The molecule has 0 bridgehead atoms. The fourth-order valence-electron chi connectivity index (χ4n) is 0.0860. The first-order valence-corrected chi connectivity index (χ1v) is 3.06. The van der Waals surface area contributed by atoms with Crippen LogP contribution in [0.3, 0.4) is 0 Å². The van der Waals surface area contributed by atoms with Crippen LogP contribution in [0.4, 0.5) is 0 Å². The molecule has 0 saturated heterocycles. The number of hydrogen-bond donors (Lipinski definition) is 1. The van der Waals surface area contributed by atoms with Crippen molar-refractivity contribution in [1.29, 1.82) is 0 Å². The Labute approximate surface area is 70.8 Å². The third-order valence-corrected chi connectivity index (χ3v) is 0.836. The molecule has 0 fully saturated rings. The molecule has 0 aromatic carbocycles. The van der Waals surface area contributed by atoms with Gasteiger partial charge in [-0.25, -0.2) is 0 Å². The number of aldehydes is 1. The van der Waals surface area contributed by atoms with E-state index in [1.54, 1.807) is 0 Å². The summed E-state index contributed by atoms with van der Waals surface area (Å²) in [5, 5.41) is 0. The summed E-state index contributed by atoms with van der Waals surface area (Å²) in [7, 11) is -4.04. The maximum atomic E-state index is 9.56. The zero-order valence-electron chi connectivity index (χ0n) is 5.36. The summed E-state index contributed by atoms with van der Waals surface area (Å²) in [5.74, 6) is -0.812. The fourth-order valence-corrected chi connectivity index (χ4v) is 0.258.